The van der Waals surface area contributed by atoms with E-state index >= 15 is 0 Å². The van der Waals surface area contributed by atoms with Crippen LogP contribution in [0.25, 0.3) is 10.9 Å². The number of unbranched alkanes of at least 4 members (excludes halogenated alkanes) is 1. The van der Waals surface area contributed by atoms with Crippen molar-refractivity contribution in [2.45, 2.75) is 49.2 Å². The molecule has 2 N–H and O–H groups in total. The maximum Gasteiger partial charge on any atom is 0.471 e. The molecular formula is C20H26F3N3OS. The van der Waals surface area contributed by atoms with E-state index < -0.39 is 12.1 Å². The third-order valence-electron chi connectivity index (χ3n) is 5.34. The van der Waals surface area contributed by atoms with Gasteiger partial charge in [0.25, 0.3) is 0 Å². The standard InChI is InChI=1S/C20H26F3N3OS/c1-28-16-6-7-18-17(12-16)14(13-25-18)11-15-5-4-10-26(15)9-3-2-8-24-19(27)20(21,22)23/h6-7,12-13,15,25H,2-5,8-11H2,1H3,(H,24,27)/t15-/m1/s1. The lowest BCUT2D eigenvalue weighted by molar-refractivity contribution is -0.173. The summed E-state index contributed by atoms with van der Waals surface area (Å²) < 4.78 is 36.5. The predicted molar refractivity (Wildman–Crippen MR) is 107 cm³/mol. The van der Waals surface area contributed by atoms with Gasteiger partial charge in [0.05, 0.1) is 0 Å². The molecule has 0 aliphatic carbocycles. The van der Waals surface area contributed by atoms with Crippen LogP contribution in [-0.4, -0.2) is 53.9 Å². The number of carbonyl (C=O) groups is 1. The average Bonchev–Trinajstić information content (AvgIpc) is 3.27. The van der Waals surface area contributed by atoms with Gasteiger partial charge in [-0.3, -0.25) is 4.79 Å². The molecule has 8 heteroatoms. The van der Waals surface area contributed by atoms with Crippen molar-refractivity contribution in [3.05, 3.63) is 30.0 Å². The zero-order chi connectivity index (χ0) is 20.1. The number of aromatic amines is 1. The molecule has 4 nitrogen and oxygen atoms in total. The molecule has 0 spiro atoms. The van der Waals surface area contributed by atoms with Gasteiger partial charge in [0, 0.05) is 34.6 Å². The fourth-order valence-corrected chi connectivity index (χ4v) is 4.31. The number of nitrogens with one attached hydrogen (secondary N) is 2. The summed E-state index contributed by atoms with van der Waals surface area (Å²) in [5, 5.41) is 3.21. The number of thioether (sulfide) groups is 1. The summed E-state index contributed by atoms with van der Waals surface area (Å²) in [5.41, 5.74) is 2.47. The van der Waals surface area contributed by atoms with E-state index in [0.29, 0.717) is 12.5 Å². The maximum absolute atomic E-state index is 12.2. The minimum atomic E-state index is -4.80. The number of likely N-dealkylation sites (tertiary alicyclic amines) is 1. The van der Waals surface area contributed by atoms with Crippen molar-refractivity contribution >= 4 is 28.6 Å². The van der Waals surface area contributed by atoms with Crippen LogP contribution in [0, 0.1) is 0 Å². The molecule has 1 aromatic heterocycles. The number of rotatable bonds is 8. The molecule has 1 atom stereocenters. The minimum Gasteiger partial charge on any atom is -0.361 e. The highest BCUT2D eigenvalue weighted by Crippen LogP contribution is 2.28. The molecule has 1 amide bonds. The minimum absolute atomic E-state index is 0.0662. The molecular weight excluding hydrogens is 387 g/mol. The van der Waals surface area contributed by atoms with Gasteiger partial charge >= 0.3 is 12.1 Å². The van der Waals surface area contributed by atoms with Crippen LogP contribution in [0.1, 0.15) is 31.2 Å². The van der Waals surface area contributed by atoms with Crippen LogP contribution < -0.4 is 5.32 Å². The van der Waals surface area contributed by atoms with Crippen LogP contribution in [0.15, 0.2) is 29.3 Å². The van der Waals surface area contributed by atoms with E-state index in [2.05, 4.69) is 40.5 Å². The summed E-state index contributed by atoms with van der Waals surface area (Å²) in [6.07, 6.45) is 3.96. The monoisotopic (exact) mass is 413 g/mol. The second-order valence-electron chi connectivity index (χ2n) is 7.22. The molecule has 3 rings (SSSR count). The second-order valence-corrected chi connectivity index (χ2v) is 8.10. The Morgan fingerprint density at radius 1 is 1.36 bits per heavy atom. The molecule has 1 saturated heterocycles. The number of hydrogen-bond acceptors (Lipinski definition) is 3. The number of H-pyrrole nitrogens is 1. The number of carbonyl (C=O) groups excluding carboxylic acids is 1. The summed E-state index contributed by atoms with van der Waals surface area (Å²) in [4.78, 5) is 17.8. The van der Waals surface area contributed by atoms with Gasteiger partial charge in [0.2, 0.25) is 0 Å². The highest BCUT2D eigenvalue weighted by Gasteiger charge is 2.38. The fourth-order valence-electron chi connectivity index (χ4n) is 3.87. The third kappa shape index (κ3) is 5.23. The topological polar surface area (TPSA) is 48.1 Å². The maximum atomic E-state index is 12.2. The molecule has 1 aromatic carbocycles. The van der Waals surface area contributed by atoms with Gasteiger partial charge in [-0.15, -0.1) is 11.8 Å². The zero-order valence-electron chi connectivity index (χ0n) is 15.9. The highest BCUT2D eigenvalue weighted by atomic mass is 32.2. The first kappa shape index (κ1) is 21.0. The quantitative estimate of drug-likeness (QED) is 0.500. The molecule has 1 fully saturated rings. The molecule has 2 heterocycles. The van der Waals surface area contributed by atoms with Gasteiger partial charge in [-0.1, -0.05) is 0 Å². The first-order valence-electron chi connectivity index (χ1n) is 9.61. The molecule has 0 saturated carbocycles. The summed E-state index contributed by atoms with van der Waals surface area (Å²) in [5.74, 6) is -1.85. The van der Waals surface area contributed by atoms with Crippen LogP contribution >= 0.6 is 11.8 Å². The van der Waals surface area contributed by atoms with Gasteiger partial charge in [-0.05, 0) is 75.2 Å². The largest absolute Gasteiger partial charge is 0.471 e. The number of amides is 1. The van der Waals surface area contributed by atoms with E-state index in [1.807, 2.05) is 5.32 Å². The Balaban J connectivity index is 1.49. The van der Waals surface area contributed by atoms with Crippen molar-refractivity contribution in [1.82, 2.24) is 15.2 Å². The van der Waals surface area contributed by atoms with Crippen molar-refractivity contribution in [3.63, 3.8) is 0 Å². The van der Waals surface area contributed by atoms with Crippen molar-refractivity contribution in [2.75, 3.05) is 25.9 Å². The molecule has 154 valence electrons. The Hall–Kier alpha value is -1.67. The number of aromatic nitrogens is 1. The van der Waals surface area contributed by atoms with Crippen molar-refractivity contribution < 1.29 is 18.0 Å². The van der Waals surface area contributed by atoms with E-state index in [1.54, 1.807) is 11.8 Å². The lowest BCUT2D eigenvalue weighted by atomic mass is 10.0. The number of halogens is 3. The van der Waals surface area contributed by atoms with Crippen molar-refractivity contribution in [2.24, 2.45) is 0 Å². The Bertz CT molecular complexity index is 806. The molecule has 28 heavy (non-hydrogen) atoms. The summed E-state index contributed by atoms with van der Waals surface area (Å²) >= 11 is 1.73. The van der Waals surface area contributed by atoms with Crippen LogP contribution in [0.3, 0.4) is 0 Å². The second kappa shape index (κ2) is 9.22. The number of alkyl halides is 3. The van der Waals surface area contributed by atoms with E-state index in [4.69, 9.17) is 0 Å². The van der Waals surface area contributed by atoms with Gasteiger partial charge in [0.15, 0.2) is 0 Å². The lowest BCUT2D eigenvalue weighted by Gasteiger charge is -2.24. The highest BCUT2D eigenvalue weighted by molar-refractivity contribution is 7.98. The van der Waals surface area contributed by atoms with E-state index in [1.165, 1.54) is 15.8 Å². The average molecular weight is 414 g/mol. The van der Waals surface area contributed by atoms with Gasteiger partial charge in [0.1, 0.15) is 0 Å². The van der Waals surface area contributed by atoms with Gasteiger partial charge in [-0.25, -0.2) is 0 Å². The first-order valence-corrected chi connectivity index (χ1v) is 10.8. The van der Waals surface area contributed by atoms with Gasteiger partial charge in [-0.2, -0.15) is 13.2 Å². The number of fused-ring (bicyclic) bond motifs is 1. The summed E-state index contributed by atoms with van der Waals surface area (Å²) in [6, 6.07) is 6.93. The fraction of sp³-hybridized carbons (Fsp3) is 0.550. The Morgan fingerprint density at radius 2 is 2.18 bits per heavy atom. The molecule has 0 radical (unpaired) electrons. The van der Waals surface area contributed by atoms with E-state index in [9.17, 15) is 18.0 Å². The van der Waals surface area contributed by atoms with Crippen molar-refractivity contribution in [1.29, 1.82) is 0 Å². The normalized spacial score (nSPS) is 18.1. The van der Waals surface area contributed by atoms with Crippen LogP contribution in [0.4, 0.5) is 13.2 Å². The molecule has 0 unspecified atom stereocenters. The number of nitrogens with zero attached hydrogens (tertiary/aromatic N) is 1. The predicted octanol–water partition coefficient (Wildman–Crippen LogP) is 4.36. The molecule has 1 aliphatic heterocycles. The molecule has 0 bridgehead atoms. The number of hydrogen-bond donors (Lipinski definition) is 2. The van der Waals surface area contributed by atoms with Crippen LogP contribution in [-0.2, 0) is 11.2 Å². The van der Waals surface area contributed by atoms with E-state index in [0.717, 1.165) is 44.3 Å². The molecule has 2 aromatic rings. The van der Waals surface area contributed by atoms with Crippen molar-refractivity contribution in [3.8, 4) is 0 Å². The summed E-state index contributed by atoms with van der Waals surface area (Å²) in [6.45, 7) is 1.94. The SMILES string of the molecule is CSc1ccc2[nH]cc(C[C@H]3CCCN3CCCCNC(=O)C(F)(F)F)c2c1. The van der Waals surface area contributed by atoms with Crippen LogP contribution in [0.2, 0.25) is 0 Å². The molecule has 1 aliphatic rings. The number of benzene rings is 1. The van der Waals surface area contributed by atoms with E-state index in [-0.39, 0.29) is 6.54 Å². The smallest absolute Gasteiger partial charge is 0.361 e. The third-order valence-corrected chi connectivity index (χ3v) is 6.07. The van der Waals surface area contributed by atoms with Gasteiger partial charge < -0.3 is 15.2 Å². The lowest BCUT2D eigenvalue weighted by Crippen LogP contribution is -2.37. The Kier molecular flexibility index (Phi) is 6.93. The first-order chi connectivity index (χ1) is 13.4. The zero-order valence-corrected chi connectivity index (χ0v) is 16.8. The summed E-state index contributed by atoms with van der Waals surface area (Å²) in [7, 11) is 0. The Labute approximate surface area is 167 Å². The Morgan fingerprint density at radius 3 is 2.93 bits per heavy atom. The van der Waals surface area contributed by atoms with Crippen LogP contribution in [0.5, 0.6) is 0 Å².